The highest BCUT2D eigenvalue weighted by atomic mass is 16.5. The quantitative estimate of drug-likeness (QED) is 0.566. The minimum Gasteiger partial charge on any atom is -0.378 e. The highest BCUT2D eigenvalue weighted by Gasteiger charge is 2.42. The van der Waals surface area contributed by atoms with E-state index in [0.717, 1.165) is 5.92 Å². The molecule has 0 amide bonds. The first-order valence-corrected chi connectivity index (χ1v) is 3.74. The Kier molecular flexibility index (Phi) is 1.80. The fourth-order valence-corrected chi connectivity index (χ4v) is 1.38. The van der Waals surface area contributed by atoms with E-state index in [4.69, 9.17) is 4.74 Å². The molecular formula is C8H16O. The summed E-state index contributed by atoms with van der Waals surface area (Å²) in [6.45, 7) is 4.50. The molecule has 1 fully saturated rings. The molecule has 0 atom stereocenters. The van der Waals surface area contributed by atoms with Gasteiger partial charge in [0.1, 0.15) is 0 Å². The molecule has 0 heterocycles. The minimum atomic E-state index is 0.314. The highest BCUT2D eigenvalue weighted by Crippen LogP contribution is 2.43. The van der Waals surface area contributed by atoms with Crippen molar-refractivity contribution in [3.8, 4) is 0 Å². The average molecular weight is 128 g/mol. The Morgan fingerprint density at radius 2 is 2.00 bits per heavy atom. The Labute approximate surface area is 57.4 Å². The molecule has 0 bridgehead atoms. The summed E-state index contributed by atoms with van der Waals surface area (Å²) >= 11 is 0. The summed E-state index contributed by atoms with van der Waals surface area (Å²) in [6.07, 6.45) is 3.80. The van der Waals surface area contributed by atoms with Crippen molar-refractivity contribution >= 4 is 0 Å². The van der Waals surface area contributed by atoms with Gasteiger partial charge in [-0.25, -0.2) is 0 Å². The number of hydrogen-bond acceptors (Lipinski definition) is 1. The molecule has 9 heavy (non-hydrogen) atoms. The van der Waals surface area contributed by atoms with Gasteiger partial charge in [0.25, 0.3) is 0 Å². The zero-order chi connectivity index (χ0) is 6.91. The van der Waals surface area contributed by atoms with E-state index < -0.39 is 0 Å². The van der Waals surface area contributed by atoms with E-state index in [9.17, 15) is 0 Å². The van der Waals surface area contributed by atoms with Gasteiger partial charge in [-0.2, -0.15) is 0 Å². The molecule has 1 rings (SSSR count). The van der Waals surface area contributed by atoms with Gasteiger partial charge in [0.05, 0.1) is 5.60 Å². The van der Waals surface area contributed by atoms with Crippen molar-refractivity contribution in [2.75, 3.05) is 7.11 Å². The summed E-state index contributed by atoms with van der Waals surface area (Å²) in [5.41, 5.74) is 0.314. The fraction of sp³-hybridized carbons (Fsp3) is 1.00. The first-order chi connectivity index (χ1) is 4.18. The lowest BCUT2D eigenvalue weighted by Gasteiger charge is -2.14. The maximum Gasteiger partial charge on any atom is 0.0683 e. The number of ether oxygens (including phenoxy) is 1. The fourth-order valence-electron chi connectivity index (χ4n) is 1.38. The molecule has 1 nitrogen and oxygen atoms in total. The molecule has 0 aromatic carbocycles. The van der Waals surface area contributed by atoms with Crippen molar-refractivity contribution < 1.29 is 4.74 Å². The predicted molar refractivity (Wildman–Crippen MR) is 38.4 cm³/mol. The molecule has 0 radical (unpaired) electrons. The van der Waals surface area contributed by atoms with E-state index in [0.29, 0.717) is 5.60 Å². The molecule has 0 saturated heterocycles. The average Bonchev–Trinajstić information content (AvgIpc) is 2.48. The normalized spacial score (nSPS) is 22.7. The van der Waals surface area contributed by atoms with Crippen LogP contribution in [-0.4, -0.2) is 12.7 Å². The van der Waals surface area contributed by atoms with Crippen molar-refractivity contribution in [1.82, 2.24) is 0 Å². The Hall–Kier alpha value is -0.0400. The lowest BCUT2D eigenvalue weighted by atomic mass is 10.0. The van der Waals surface area contributed by atoms with Gasteiger partial charge < -0.3 is 4.74 Å². The van der Waals surface area contributed by atoms with Crippen LogP contribution in [0, 0.1) is 5.92 Å². The molecule has 1 aliphatic carbocycles. The Balaban J connectivity index is 2.25. The third kappa shape index (κ3) is 1.68. The second-order valence-corrected chi connectivity index (χ2v) is 3.49. The lowest BCUT2D eigenvalue weighted by molar-refractivity contribution is 0.0621. The molecule has 1 aliphatic rings. The van der Waals surface area contributed by atoms with Gasteiger partial charge in [-0.05, 0) is 25.2 Å². The molecule has 54 valence electrons. The molecule has 0 unspecified atom stereocenters. The van der Waals surface area contributed by atoms with Crippen molar-refractivity contribution in [3.63, 3.8) is 0 Å². The minimum absolute atomic E-state index is 0.314. The molecule has 0 N–H and O–H groups in total. The first kappa shape index (κ1) is 7.07. The van der Waals surface area contributed by atoms with Gasteiger partial charge in [0.15, 0.2) is 0 Å². The van der Waals surface area contributed by atoms with Crippen molar-refractivity contribution in [2.45, 2.75) is 38.7 Å². The number of methoxy groups -OCH3 is 1. The van der Waals surface area contributed by atoms with Crippen molar-refractivity contribution in [2.24, 2.45) is 5.92 Å². The van der Waals surface area contributed by atoms with Gasteiger partial charge in [0.2, 0.25) is 0 Å². The lowest BCUT2D eigenvalue weighted by Crippen LogP contribution is -2.13. The van der Waals surface area contributed by atoms with Crippen LogP contribution < -0.4 is 0 Å². The van der Waals surface area contributed by atoms with Gasteiger partial charge in [-0.3, -0.25) is 0 Å². The van der Waals surface area contributed by atoms with Crippen LogP contribution in [0.3, 0.4) is 0 Å². The summed E-state index contributed by atoms with van der Waals surface area (Å²) < 4.78 is 5.36. The van der Waals surface area contributed by atoms with Crippen LogP contribution in [0.2, 0.25) is 0 Å². The van der Waals surface area contributed by atoms with Crippen LogP contribution in [-0.2, 0) is 4.74 Å². The topological polar surface area (TPSA) is 9.23 Å². The van der Waals surface area contributed by atoms with Gasteiger partial charge in [0, 0.05) is 7.11 Å². The second kappa shape index (κ2) is 2.30. The first-order valence-electron chi connectivity index (χ1n) is 3.74. The van der Waals surface area contributed by atoms with Crippen molar-refractivity contribution in [1.29, 1.82) is 0 Å². The van der Waals surface area contributed by atoms with E-state index in [1.807, 2.05) is 7.11 Å². The van der Waals surface area contributed by atoms with E-state index in [2.05, 4.69) is 13.8 Å². The zero-order valence-electron chi connectivity index (χ0n) is 6.61. The number of hydrogen-bond donors (Lipinski definition) is 0. The Morgan fingerprint density at radius 3 is 2.11 bits per heavy atom. The van der Waals surface area contributed by atoms with E-state index >= 15 is 0 Å². The highest BCUT2D eigenvalue weighted by molar-refractivity contribution is 4.95. The monoisotopic (exact) mass is 128 g/mol. The second-order valence-electron chi connectivity index (χ2n) is 3.49. The molecule has 0 aromatic heterocycles. The molecule has 1 saturated carbocycles. The van der Waals surface area contributed by atoms with Gasteiger partial charge >= 0.3 is 0 Å². The van der Waals surface area contributed by atoms with Crippen LogP contribution in [0.1, 0.15) is 33.1 Å². The van der Waals surface area contributed by atoms with E-state index in [1.54, 1.807) is 0 Å². The van der Waals surface area contributed by atoms with E-state index in [-0.39, 0.29) is 0 Å². The summed E-state index contributed by atoms with van der Waals surface area (Å²) in [5.74, 6) is 0.785. The summed E-state index contributed by atoms with van der Waals surface area (Å²) in [5, 5.41) is 0. The third-order valence-corrected chi connectivity index (χ3v) is 2.02. The molecule has 0 spiro atoms. The standard InChI is InChI=1S/C8H16O/c1-7(2)6-8(9-3)4-5-8/h7H,4-6H2,1-3H3. The van der Waals surface area contributed by atoms with Crippen LogP contribution >= 0.6 is 0 Å². The summed E-state index contributed by atoms with van der Waals surface area (Å²) in [4.78, 5) is 0. The summed E-state index contributed by atoms with van der Waals surface area (Å²) in [7, 11) is 1.83. The molecule has 1 heteroatoms. The maximum absolute atomic E-state index is 5.36. The predicted octanol–water partition coefficient (Wildman–Crippen LogP) is 2.21. The van der Waals surface area contributed by atoms with Gasteiger partial charge in [-0.1, -0.05) is 13.8 Å². The summed E-state index contributed by atoms with van der Waals surface area (Å²) in [6, 6.07) is 0. The third-order valence-electron chi connectivity index (χ3n) is 2.02. The SMILES string of the molecule is COC1(CC(C)C)CC1. The Bertz CT molecular complexity index is 92.7. The molecular weight excluding hydrogens is 112 g/mol. The Morgan fingerprint density at radius 1 is 1.44 bits per heavy atom. The van der Waals surface area contributed by atoms with Crippen LogP contribution in [0.4, 0.5) is 0 Å². The number of rotatable bonds is 3. The molecule has 0 aromatic rings. The van der Waals surface area contributed by atoms with Crippen LogP contribution in [0.5, 0.6) is 0 Å². The maximum atomic E-state index is 5.36. The van der Waals surface area contributed by atoms with Crippen LogP contribution in [0.25, 0.3) is 0 Å². The van der Waals surface area contributed by atoms with E-state index in [1.165, 1.54) is 19.3 Å². The zero-order valence-corrected chi connectivity index (χ0v) is 6.61. The van der Waals surface area contributed by atoms with Crippen LogP contribution in [0.15, 0.2) is 0 Å². The molecule has 0 aliphatic heterocycles. The smallest absolute Gasteiger partial charge is 0.0683 e. The van der Waals surface area contributed by atoms with Gasteiger partial charge in [-0.15, -0.1) is 0 Å². The largest absolute Gasteiger partial charge is 0.378 e. The van der Waals surface area contributed by atoms with Crippen molar-refractivity contribution in [3.05, 3.63) is 0 Å².